The van der Waals surface area contributed by atoms with Crippen molar-refractivity contribution in [3.63, 3.8) is 0 Å². The van der Waals surface area contributed by atoms with Crippen LogP contribution >= 0.6 is 0 Å². The molecule has 3 heteroatoms. The minimum atomic E-state index is -0.355. The first-order valence-corrected chi connectivity index (χ1v) is 7.20. The summed E-state index contributed by atoms with van der Waals surface area (Å²) in [5, 5.41) is 9.12. The number of benzene rings is 1. The van der Waals surface area contributed by atoms with Gasteiger partial charge >= 0.3 is 0 Å². The van der Waals surface area contributed by atoms with Crippen molar-refractivity contribution in [2.24, 2.45) is 0 Å². The van der Waals surface area contributed by atoms with E-state index in [0.29, 0.717) is 13.1 Å². The monoisotopic (exact) mass is 261 g/mol. The average Bonchev–Trinajstić information content (AvgIpc) is 2.96. The van der Waals surface area contributed by atoms with E-state index in [1.165, 1.54) is 0 Å². The Labute approximate surface area is 115 Å². The van der Waals surface area contributed by atoms with E-state index in [-0.39, 0.29) is 17.9 Å². The molecule has 1 aromatic carbocycles. The van der Waals surface area contributed by atoms with Gasteiger partial charge in [-0.05, 0) is 25.3 Å². The average molecular weight is 261 g/mol. The van der Waals surface area contributed by atoms with Crippen LogP contribution in [0.3, 0.4) is 0 Å². The van der Waals surface area contributed by atoms with Gasteiger partial charge in [0.05, 0.1) is 12.0 Å². The summed E-state index contributed by atoms with van der Waals surface area (Å²) < 4.78 is 0. The van der Waals surface area contributed by atoms with E-state index in [9.17, 15) is 4.79 Å². The van der Waals surface area contributed by atoms with Gasteiger partial charge in [-0.1, -0.05) is 43.2 Å². The number of rotatable bonds is 5. The molecule has 0 bridgehead atoms. The summed E-state index contributed by atoms with van der Waals surface area (Å²) in [4.78, 5) is 14.7. The van der Waals surface area contributed by atoms with Crippen molar-refractivity contribution in [1.82, 2.24) is 4.90 Å². The molecule has 1 amide bonds. The van der Waals surface area contributed by atoms with Crippen LogP contribution in [-0.4, -0.2) is 35.6 Å². The third kappa shape index (κ3) is 2.66. The van der Waals surface area contributed by atoms with E-state index in [1.807, 2.05) is 25.1 Å². The molecule has 1 aliphatic carbocycles. The number of hydrogen-bond acceptors (Lipinski definition) is 2. The van der Waals surface area contributed by atoms with Crippen LogP contribution in [0.15, 0.2) is 30.3 Å². The number of nitrogens with zero attached hydrogens (tertiary/aromatic N) is 1. The molecular formula is C16H23NO2. The molecular weight excluding hydrogens is 238 g/mol. The van der Waals surface area contributed by atoms with Crippen LogP contribution in [0.1, 0.15) is 38.2 Å². The summed E-state index contributed by atoms with van der Waals surface area (Å²) in [5.74, 6) is 0.188. The highest BCUT2D eigenvalue weighted by Gasteiger charge is 2.44. The van der Waals surface area contributed by atoms with Crippen molar-refractivity contribution in [2.45, 2.75) is 38.0 Å². The predicted octanol–water partition coefficient (Wildman–Crippen LogP) is 2.34. The molecule has 1 saturated carbocycles. The van der Waals surface area contributed by atoms with Crippen molar-refractivity contribution in [2.75, 3.05) is 19.7 Å². The molecule has 0 atom stereocenters. The smallest absolute Gasteiger partial charge is 0.233 e. The van der Waals surface area contributed by atoms with E-state index in [4.69, 9.17) is 5.11 Å². The molecule has 19 heavy (non-hydrogen) atoms. The maximum absolute atomic E-state index is 12.9. The van der Waals surface area contributed by atoms with Crippen molar-refractivity contribution >= 4 is 5.91 Å². The molecule has 104 valence electrons. The maximum Gasteiger partial charge on any atom is 0.233 e. The summed E-state index contributed by atoms with van der Waals surface area (Å²) in [6, 6.07) is 10.1. The lowest BCUT2D eigenvalue weighted by Crippen LogP contribution is -2.46. The molecule has 0 aliphatic heterocycles. The third-order valence-electron chi connectivity index (χ3n) is 4.23. The third-order valence-corrected chi connectivity index (χ3v) is 4.23. The van der Waals surface area contributed by atoms with Crippen LogP contribution in [0.5, 0.6) is 0 Å². The first-order chi connectivity index (χ1) is 9.24. The second-order valence-corrected chi connectivity index (χ2v) is 5.26. The van der Waals surface area contributed by atoms with E-state index in [2.05, 4.69) is 12.1 Å². The Balaban J connectivity index is 2.32. The van der Waals surface area contributed by atoms with Gasteiger partial charge in [0, 0.05) is 13.1 Å². The number of amides is 1. The van der Waals surface area contributed by atoms with Crippen LogP contribution in [0, 0.1) is 0 Å². The number of likely N-dealkylation sites (N-methyl/N-ethyl adjacent to an activating group) is 1. The summed E-state index contributed by atoms with van der Waals surface area (Å²) >= 11 is 0. The number of carbonyl (C=O) groups excluding carboxylic acids is 1. The van der Waals surface area contributed by atoms with Gasteiger partial charge in [-0.2, -0.15) is 0 Å². The summed E-state index contributed by atoms with van der Waals surface area (Å²) in [6.07, 6.45) is 4.07. The lowest BCUT2D eigenvalue weighted by molar-refractivity contribution is -0.137. The molecule has 1 aliphatic rings. The van der Waals surface area contributed by atoms with Crippen molar-refractivity contribution in [3.8, 4) is 0 Å². The van der Waals surface area contributed by atoms with Gasteiger partial charge in [-0.25, -0.2) is 0 Å². The molecule has 0 spiro atoms. The SMILES string of the molecule is CCN(CCO)C(=O)C1(c2ccccc2)CCCC1. The number of aliphatic hydroxyl groups is 1. The highest BCUT2D eigenvalue weighted by molar-refractivity contribution is 5.88. The molecule has 1 N–H and O–H groups in total. The Morgan fingerprint density at radius 3 is 2.42 bits per heavy atom. The topological polar surface area (TPSA) is 40.5 Å². The zero-order valence-electron chi connectivity index (χ0n) is 11.6. The minimum absolute atomic E-state index is 0.0322. The lowest BCUT2D eigenvalue weighted by Gasteiger charge is -2.34. The van der Waals surface area contributed by atoms with Crippen molar-refractivity contribution < 1.29 is 9.90 Å². The van der Waals surface area contributed by atoms with Crippen LogP contribution in [0.4, 0.5) is 0 Å². The fourth-order valence-electron chi connectivity index (χ4n) is 3.19. The van der Waals surface area contributed by atoms with E-state index in [1.54, 1.807) is 4.90 Å². The van der Waals surface area contributed by atoms with Gasteiger partial charge in [0.1, 0.15) is 0 Å². The van der Waals surface area contributed by atoms with Gasteiger partial charge in [-0.15, -0.1) is 0 Å². The minimum Gasteiger partial charge on any atom is -0.395 e. The van der Waals surface area contributed by atoms with Crippen LogP contribution in [0.25, 0.3) is 0 Å². The zero-order chi connectivity index (χ0) is 13.7. The largest absolute Gasteiger partial charge is 0.395 e. The Hall–Kier alpha value is -1.35. The molecule has 0 unspecified atom stereocenters. The van der Waals surface area contributed by atoms with Crippen LogP contribution < -0.4 is 0 Å². The quantitative estimate of drug-likeness (QED) is 0.884. The zero-order valence-corrected chi connectivity index (χ0v) is 11.6. The molecule has 3 nitrogen and oxygen atoms in total. The van der Waals surface area contributed by atoms with Crippen LogP contribution in [-0.2, 0) is 10.2 Å². The van der Waals surface area contributed by atoms with E-state index < -0.39 is 0 Å². The first kappa shape index (κ1) is 14.1. The molecule has 0 radical (unpaired) electrons. The normalized spacial score (nSPS) is 17.4. The molecule has 0 saturated heterocycles. The summed E-state index contributed by atoms with van der Waals surface area (Å²) in [6.45, 7) is 3.10. The van der Waals surface area contributed by atoms with Gasteiger partial charge in [0.2, 0.25) is 5.91 Å². The van der Waals surface area contributed by atoms with Crippen molar-refractivity contribution in [3.05, 3.63) is 35.9 Å². The van der Waals surface area contributed by atoms with Crippen LogP contribution in [0.2, 0.25) is 0 Å². The maximum atomic E-state index is 12.9. The Bertz CT molecular complexity index is 410. The highest BCUT2D eigenvalue weighted by atomic mass is 16.3. The van der Waals surface area contributed by atoms with E-state index in [0.717, 1.165) is 31.2 Å². The first-order valence-electron chi connectivity index (χ1n) is 7.20. The molecule has 1 aromatic rings. The highest BCUT2D eigenvalue weighted by Crippen LogP contribution is 2.42. The Morgan fingerprint density at radius 2 is 1.89 bits per heavy atom. The van der Waals surface area contributed by atoms with Crippen molar-refractivity contribution in [1.29, 1.82) is 0 Å². The molecule has 2 rings (SSSR count). The number of hydrogen-bond donors (Lipinski definition) is 1. The second kappa shape index (κ2) is 6.20. The standard InChI is InChI=1S/C16H23NO2/c1-2-17(12-13-18)15(19)16(10-6-7-11-16)14-8-4-3-5-9-14/h3-5,8-9,18H,2,6-7,10-13H2,1H3. The van der Waals surface area contributed by atoms with Gasteiger partial charge in [0.25, 0.3) is 0 Å². The lowest BCUT2D eigenvalue weighted by atomic mass is 9.77. The van der Waals surface area contributed by atoms with Gasteiger partial charge in [-0.3, -0.25) is 4.79 Å². The number of carbonyl (C=O) groups is 1. The fraction of sp³-hybridized carbons (Fsp3) is 0.562. The Morgan fingerprint density at radius 1 is 1.26 bits per heavy atom. The molecule has 0 heterocycles. The van der Waals surface area contributed by atoms with Gasteiger partial charge in [0.15, 0.2) is 0 Å². The number of aliphatic hydroxyl groups excluding tert-OH is 1. The molecule has 0 aromatic heterocycles. The summed E-state index contributed by atoms with van der Waals surface area (Å²) in [7, 11) is 0. The van der Waals surface area contributed by atoms with E-state index >= 15 is 0 Å². The molecule has 1 fully saturated rings. The Kier molecular flexibility index (Phi) is 4.59. The second-order valence-electron chi connectivity index (χ2n) is 5.26. The summed E-state index contributed by atoms with van der Waals surface area (Å²) in [5.41, 5.74) is 0.779. The van der Waals surface area contributed by atoms with Gasteiger partial charge < -0.3 is 10.0 Å². The fourth-order valence-corrected chi connectivity index (χ4v) is 3.19. The predicted molar refractivity (Wildman–Crippen MR) is 75.9 cm³/mol.